The summed E-state index contributed by atoms with van der Waals surface area (Å²) in [6.45, 7) is 8.54. The summed E-state index contributed by atoms with van der Waals surface area (Å²) in [4.78, 5) is 10.6. The number of amides is 1. The first-order valence-electron chi connectivity index (χ1n) is 6.96. The third kappa shape index (κ3) is 2.41. The normalized spacial score (nSPS) is 37.1. The van der Waals surface area contributed by atoms with Crippen LogP contribution in [0.4, 0.5) is 0 Å². The van der Waals surface area contributed by atoms with Crippen LogP contribution in [0.15, 0.2) is 0 Å². The lowest BCUT2D eigenvalue weighted by Gasteiger charge is -2.43. The molecule has 0 aromatic heterocycles. The fourth-order valence-corrected chi connectivity index (χ4v) is 4.26. The molecule has 2 fully saturated rings. The maximum Gasteiger partial charge on any atom is 0.243 e. The Morgan fingerprint density at radius 1 is 1.44 bits per heavy atom. The van der Waals surface area contributed by atoms with Crippen molar-refractivity contribution >= 4 is 5.91 Å². The molecule has 4 nitrogen and oxygen atoms in total. The second kappa shape index (κ2) is 4.82. The average molecular weight is 254 g/mol. The molecular formula is C14H26N2O2. The molecule has 2 rings (SSSR count). The number of ether oxygens (including phenoxy) is 1. The van der Waals surface area contributed by atoms with Gasteiger partial charge in [-0.25, -0.2) is 0 Å². The van der Waals surface area contributed by atoms with Gasteiger partial charge in [0.2, 0.25) is 5.91 Å². The molecule has 0 heterocycles. The van der Waals surface area contributed by atoms with Crippen LogP contribution >= 0.6 is 0 Å². The highest BCUT2D eigenvalue weighted by atomic mass is 16.5. The van der Waals surface area contributed by atoms with E-state index in [1.54, 1.807) is 0 Å². The molecule has 4 heteroatoms. The van der Waals surface area contributed by atoms with Crippen LogP contribution in [0.1, 0.15) is 40.0 Å². The lowest BCUT2D eigenvalue weighted by atomic mass is 9.68. The monoisotopic (exact) mass is 254 g/mol. The van der Waals surface area contributed by atoms with Crippen LogP contribution in [0.2, 0.25) is 0 Å². The fourth-order valence-electron chi connectivity index (χ4n) is 4.26. The molecule has 0 spiro atoms. The largest absolute Gasteiger partial charge is 0.370 e. The zero-order valence-electron chi connectivity index (χ0n) is 11.8. The Morgan fingerprint density at radius 2 is 2.17 bits per heavy atom. The van der Waals surface area contributed by atoms with Gasteiger partial charge in [0.15, 0.2) is 0 Å². The van der Waals surface area contributed by atoms with Crippen molar-refractivity contribution in [2.75, 3.05) is 19.8 Å². The molecule has 0 aromatic carbocycles. The number of rotatable bonds is 6. The number of nitrogens with one attached hydrogen (secondary N) is 1. The Bertz CT molecular complexity index is 325. The van der Waals surface area contributed by atoms with Gasteiger partial charge in [-0.1, -0.05) is 20.8 Å². The summed E-state index contributed by atoms with van der Waals surface area (Å²) in [5.41, 5.74) is 5.84. The van der Waals surface area contributed by atoms with E-state index in [1.807, 2.05) is 0 Å². The minimum atomic E-state index is -0.401. The van der Waals surface area contributed by atoms with Gasteiger partial charge in [0, 0.05) is 12.6 Å². The van der Waals surface area contributed by atoms with E-state index in [9.17, 15) is 4.79 Å². The summed E-state index contributed by atoms with van der Waals surface area (Å²) >= 11 is 0. The maximum atomic E-state index is 10.6. The average Bonchev–Trinajstić information content (AvgIpc) is 2.72. The summed E-state index contributed by atoms with van der Waals surface area (Å²) in [7, 11) is 0. The molecule has 2 saturated carbocycles. The smallest absolute Gasteiger partial charge is 0.243 e. The van der Waals surface area contributed by atoms with Gasteiger partial charge in [0.1, 0.15) is 6.61 Å². The Morgan fingerprint density at radius 3 is 2.72 bits per heavy atom. The summed E-state index contributed by atoms with van der Waals surface area (Å²) < 4.78 is 5.20. The van der Waals surface area contributed by atoms with Gasteiger partial charge in [0.25, 0.3) is 0 Å². The second-order valence-corrected chi connectivity index (χ2v) is 6.82. The highest BCUT2D eigenvalue weighted by Gasteiger charge is 2.58. The molecule has 18 heavy (non-hydrogen) atoms. The summed E-state index contributed by atoms with van der Waals surface area (Å²) in [5, 5.41) is 3.64. The van der Waals surface area contributed by atoms with E-state index in [4.69, 9.17) is 10.5 Å². The molecular weight excluding hydrogens is 228 g/mol. The molecule has 0 saturated heterocycles. The first-order chi connectivity index (χ1) is 8.36. The van der Waals surface area contributed by atoms with Crippen molar-refractivity contribution in [3.05, 3.63) is 0 Å². The van der Waals surface area contributed by atoms with Crippen LogP contribution in [0.25, 0.3) is 0 Å². The molecule has 0 radical (unpaired) electrons. The predicted molar refractivity (Wildman–Crippen MR) is 71.0 cm³/mol. The predicted octanol–water partition coefficient (Wildman–Crippen LogP) is 1.29. The molecule has 3 N–H and O–H groups in total. The highest BCUT2D eigenvalue weighted by Crippen LogP contribution is 2.62. The lowest BCUT2D eigenvalue weighted by Crippen LogP contribution is -2.51. The summed E-state index contributed by atoms with van der Waals surface area (Å²) in [6.07, 6.45) is 4.06. The fraction of sp³-hybridized carbons (Fsp3) is 0.929. The molecule has 2 aliphatic rings. The lowest BCUT2D eigenvalue weighted by molar-refractivity contribution is -0.122. The van der Waals surface area contributed by atoms with E-state index in [-0.39, 0.29) is 6.61 Å². The van der Waals surface area contributed by atoms with Gasteiger partial charge in [-0.2, -0.15) is 0 Å². The van der Waals surface area contributed by atoms with Crippen molar-refractivity contribution in [2.45, 2.75) is 46.1 Å². The summed E-state index contributed by atoms with van der Waals surface area (Å²) in [5.74, 6) is 0.453. The summed E-state index contributed by atoms with van der Waals surface area (Å²) in [6, 6.07) is 0.556. The number of fused-ring (bicyclic) bond motifs is 2. The molecule has 104 valence electrons. The zero-order chi connectivity index (χ0) is 13.4. The number of hydrogen-bond donors (Lipinski definition) is 2. The van der Waals surface area contributed by atoms with Gasteiger partial charge < -0.3 is 15.8 Å². The van der Waals surface area contributed by atoms with Crippen LogP contribution in [-0.4, -0.2) is 31.7 Å². The number of hydrogen-bond acceptors (Lipinski definition) is 3. The van der Waals surface area contributed by atoms with E-state index < -0.39 is 5.91 Å². The van der Waals surface area contributed by atoms with E-state index >= 15 is 0 Å². The number of nitrogens with two attached hydrogens (primary N) is 1. The van der Waals surface area contributed by atoms with Crippen molar-refractivity contribution in [3.63, 3.8) is 0 Å². The van der Waals surface area contributed by atoms with Crippen molar-refractivity contribution in [1.82, 2.24) is 5.32 Å². The van der Waals surface area contributed by atoms with Gasteiger partial charge in [0.05, 0.1) is 6.61 Å². The Kier molecular flexibility index (Phi) is 3.70. The van der Waals surface area contributed by atoms with Crippen LogP contribution in [0.3, 0.4) is 0 Å². The first-order valence-corrected chi connectivity index (χ1v) is 6.96. The minimum absolute atomic E-state index is 0.0234. The number of carbonyl (C=O) groups is 1. The van der Waals surface area contributed by atoms with Gasteiger partial charge in [-0.05, 0) is 36.0 Å². The van der Waals surface area contributed by atoms with Crippen LogP contribution in [-0.2, 0) is 9.53 Å². The maximum absolute atomic E-state index is 10.6. The molecule has 0 aliphatic heterocycles. The van der Waals surface area contributed by atoms with E-state index in [2.05, 4.69) is 26.1 Å². The topological polar surface area (TPSA) is 64.3 Å². The highest BCUT2D eigenvalue weighted by molar-refractivity contribution is 5.74. The standard InChI is InChI=1S/C14H26N2O2/c1-13(2)10-4-5-14(3,8-10)12(13)16-6-7-18-9-11(15)17/h10,12,16H,4-9H2,1-3H3,(H2,15,17). The second-order valence-electron chi connectivity index (χ2n) is 6.82. The van der Waals surface area contributed by atoms with Crippen molar-refractivity contribution in [1.29, 1.82) is 0 Å². The zero-order valence-corrected chi connectivity index (χ0v) is 11.8. The van der Waals surface area contributed by atoms with Crippen LogP contribution in [0, 0.1) is 16.7 Å². The van der Waals surface area contributed by atoms with E-state index in [1.165, 1.54) is 19.3 Å². The number of primary amides is 1. The first kappa shape index (κ1) is 13.8. The third-order valence-electron chi connectivity index (χ3n) is 5.11. The molecule has 2 aliphatic carbocycles. The van der Waals surface area contributed by atoms with Crippen LogP contribution in [0.5, 0.6) is 0 Å². The molecule has 0 aromatic rings. The van der Waals surface area contributed by atoms with Gasteiger partial charge in [-0.15, -0.1) is 0 Å². The SMILES string of the molecule is CC12CCC(C1)C(C)(C)C2NCCOCC(N)=O. The van der Waals surface area contributed by atoms with Gasteiger partial charge >= 0.3 is 0 Å². The molecule has 3 unspecified atom stereocenters. The van der Waals surface area contributed by atoms with Crippen molar-refractivity contribution < 1.29 is 9.53 Å². The molecule has 3 atom stereocenters. The van der Waals surface area contributed by atoms with E-state index in [0.717, 1.165) is 12.5 Å². The van der Waals surface area contributed by atoms with Crippen molar-refractivity contribution in [2.24, 2.45) is 22.5 Å². The van der Waals surface area contributed by atoms with Crippen molar-refractivity contribution in [3.8, 4) is 0 Å². The molecule has 1 amide bonds. The van der Waals surface area contributed by atoms with E-state index in [0.29, 0.717) is 23.5 Å². The van der Waals surface area contributed by atoms with Gasteiger partial charge in [-0.3, -0.25) is 4.79 Å². The number of carbonyl (C=O) groups excluding carboxylic acids is 1. The van der Waals surface area contributed by atoms with Crippen LogP contribution < -0.4 is 11.1 Å². The Labute approximate surface area is 110 Å². The quantitative estimate of drug-likeness (QED) is 0.702. The minimum Gasteiger partial charge on any atom is -0.370 e. The Hall–Kier alpha value is -0.610. The molecule has 2 bridgehead atoms. The Balaban J connectivity index is 1.80. The third-order valence-corrected chi connectivity index (χ3v) is 5.11.